The van der Waals surface area contributed by atoms with Crippen LogP contribution in [0.3, 0.4) is 0 Å². The van der Waals surface area contributed by atoms with Crippen molar-refractivity contribution in [3.8, 4) is 11.1 Å². The molecule has 1 fully saturated rings. The minimum absolute atomic E-state index is 0.0731. The summed E-state index contributed by atoms with van der Waals surface area (Å²) in [7, 11) is 0. The highest BCUT2D eigenvalue weighted by molar-refractivity contribution is 6.36. The number of rotatable bonds is 6. The number of nitrogens with zero attached hydrogens (tertiary/aromatic N) is 2. The lowest BCUT2D eigenvalue weighted by molar-refractivity contribution is -0.110. The lowest BCUT2D eigenvalue weighted by atomic mass is 9.93. The van der Waals surface area contributed by atoms with Crippen LogP contribution in [0.1, 0.15) is 58.6 Å². The number of carbonyl (C=O) groups excluding carboxylic acids is 2. The first kappa shape index (κ1) is 28.2. The average molecular weight is 579 g/mol. The largest absolute Gasteiger partial charge is 0.390 e. The summed E-state index contributed by atoms with van der Waals surface area (Å²) >= 11 is 0. The molecule has 2 amide bonds. The standard InChI is InChI=1S/C32H33F3N4O3/c1-18-26(36-24-9-6-14-39(32(42)27(18)24)17-19(40)16-38-12-3-2-4-13-38)15-21-29-25(37-31(21)41)11-10-22(33)28(29)20-7-5-8-23(34)30(20)35/h5,7-8,10-11,15,19,36,40H,2-4,6,9,12-14,16-17H2,1H3,(H,37,41)/b21-15-/t19-/m1/s1. The number of amides is 2. The fourth-order valence-corrected chi connectivity index (χ4v) is 6.44. The Morgan fingerprint density at radius 2 is 1.71 bits per heavy atom. The summed E-state index contributed by atoms with van der Waals surface area (Å²) in [5.41, 5.74) is 2.32. The molecule has 10 heteroatoms. The number of fused-ring (bicyclic) bond motifs is 2. The van der Waals surface area contributed by atoms with Gasteiger partial charge in [0.25, 0.3) is 11.8 Å². The van der Waals surface area contributed by atoms with Gasteiger partial charge in [-0.2, -0.15) is 0 Å². The van der Waals surface area contributed by atoms with E-state index in [2.05, 4.69) is 15.2 Å². The van der Waals surface area contributed by atoms with Crippen molar-refractivity contribution >= 4 is 29.2 Å². The summed E-state index contributed by atoms with van der Waals surface area (Å²) in [6, 6.07) is 6.00. The zero-order valence-electron chi connectivity index (χ0n) is 23.4. The normalized spacial score (nSPS) is 19.1. The van der Waals surface area contributed by atoms with Crippen LogP contribution in [0.2, 0.25) is 0 Å². The quantitative estimate of drug-likeness (QED) is 0.354. The van der Waals surface area contributed by atoms with Gasteiger partial charge >= 0.3 is 0 Å². The van der Waals surface area contributed by atoms with Crippen molar-refractivity contribution in [1.82, 2.24) is 14.8 Å². The van der Waals surface area contributed by atoms with E-state index in [9.17, 15) is 23.5 Å². The number of H-pyrrole nitrogens is 1. The Kier molecular flexibility index (Phi) is 7.67. The molecule has 1 atom stereocenters. The molecule has 3 aromatic rings. The van der Waals surface area contributed by atoms with Crippen LogP contribution in [0.4, 0.5) is 18.9 Å². The van der Waals surface area contributed by atoms with Crippen molar-refractivity contribution in [2.24, 2.45) is 0 Å². The maximum atomic E-state index is 15.2. The molecule has 0 spiro atoms. The molecular weight excluding hydrogens is 545 g/mol. The molecular formula is C32H33F3N4O3. The van der Waals surface area contributed by atoms with Crippen LogP contribution in [0.15, 0.2) is 30.3 Å². The molecule has 2 aromatic carbocycles. The summed E-state index contributed by atoms with van der Waals surface area (Å²) < 4.78 is 44.1. The van der Waals surface area contributed by atoms with E-state index < -0.39 is 29.5 Å². The van der Waals surface area contributed by atoms with Crippen LogP contribution in [0.25, 0.3) is 22.8 Å². The molecule has 3 aliphatic heterocycles. The zero-order valence-corrected chi connectivity index (χ0v) is 23.4. The van der Waals surface area contributed by atoms with E-state index in [-0.39, 0.29) is 40.4 Å². The lowest BCUT2D eigenvalue weighted by Gasteiger charge is -2.31. The van der Waals surface area contributed by atoms with Gasteiger partial charge in [0.05, 0.1) is 17.2 Å². The molecule has 0 aliphatic carbocycles. The third-order valence-electron chi connectivity index (χ3n) is 8.50. The molecule has 1 saturated heterocycles. The van der Waals surface area contributed by atoms with E-state index in [0.29, 0.717) is 42.8 Å². The Balaban J connectivity index is 1.33. The molecule has 4 heterocycles. The van der Waals surface area contributed by atoms with E-state index in [1.54, 1.807) is 11.8 Å². The number of halogens is 3. The Morgan fingerprint density at radius 3 is 2.50 bits per heavy atom. The summed E-state index contributed by atoms with van der Waals surface area (Å²) in [5.74, 6) is -3.84. The minimum Gasteiger partial charge on any atom is -0.390 e. The van der Waals surface area contributed by atoms with Crippen LogP contribution in [-0.4, -0.2) is 70.5 Å². The van der Waals surface area contributed by atoms with Gasteiger partial charge in [-0.1, -0.05) is 18.6 Å². The molecule has 0 radical (unpaired) electrons. The molecule has 1 aromatic heterocycles. The van der Waals surface area contributed by atoms with Gasteiger partial charge in [0.2, 0.25) is 0 Å². The third-order valence-corrected chi connectivity index (χ3v) is 8.50. The highest BCUT2D eigenvalue weighted by Crippen LogP contribution is 2.43. The van der Waals surface area contributed by atoms with E-state index in [4.69, 9.17) is 0 Å². The van der Waals surface area contributed by atoms with Crippen LogP contribution < -0.4 is 5.32 Å². The number of nitrogens with one attached hydrogen (secondary N) is 2. The first-order valence-corrected chi connectivity index (χ1v) is 14.4. The minimum atomic E-state index is -1.21. The second-order valence-corrected chi connectivity index (χ2v) is 11.3. The van der Waals surface area contributed by atoms with Crippen molar-refractivity contribution < 1.29 is 27.9 Å². The van der Waals surface area contributed by atoms with E-state index in [0.717, 1.165) is 43.8 Å². The van der Waals surface area contributed by atoms with Crippen LogP contribution in [0, 0.1) is 24.4 Å². The average Bonchev–Trinajstić information content (AvgIpc) is 3.39. The Labute approximate surface area is 242 Å². The summed E-state index contributed by atoms with van der Waals surface area (Å²) in [5, 5.41) is 13.5. The van der Waals surface area contributed by atoms with E-state index in [1.165, 1.54) is 30.7 Å². The number of aromatic nitrogens is 1. The second kappa shape index (κ2) is 11.4. The van der Waals surface area contributed by atoms with Crippen molar-refractivity contribution in [2.75, 3.05) is 38.0 Å². The maximum Gasteiger partial charge on any atom is 0.256 e. The monoisotopic (exact) mass is 578 g/mol. The van der Waals surface area contributed by atoms with E-state index in [1.807, 2.05) is 0 Å². The van der Waals surface area contributed by atoms with Gasteiger partial charge in [0.1, 0.15) is 5.82 Å². The summed E-state index contributed by atoms with van der Waals surface area (Å²) in [4.78, 5) is 34.0. The predicted octanol–water partition coefficient (Wildman–Crippen LogP) is 5.14. The van der Waals surface area contributed by atoms with Gasteiger partial charge in [-0.3, -0.25) is 9.59 Å². The number of carbonyl (C=O) groups is 2. The molecule has 0 saturated carbocycles. The van der Waals surface area contributed by atoms with Gasteiger partial charge < -0.3 is 25.2 Å². The lowest BCUT2D eigenvalue weighted by Crippen LogP contribution is -2.44. The number of aromatic amines is 1. The van der Waals surface area contributed by atoms with Gasteiger partial charge in [-0.15, -0.1) is 0 Å². The van der Waals surface area contributed by atoms with Crippen LogP contribution in [-0.2, 0) is 11.2 Å². The first-order chi connectivity index (χ1) is 20.2. The van der Waals surface area contributed by atoms with Crippen LogP contribution in [0.5, 0.6) is 0 Å². The third kappa shape index (κ3) is 5.13. The molecule has 6 rings (SSSR count). The van der Waals surface area contributed by atoms with Crippen LogP contribution >= 0.6 is 0 Å². The van der Waals surface area contributed by atoms with Crippen molar-refractivity contribution in [3.63, 3.8) is 0 Å². The topological polar surface area (TPSA) is 88.7 Å². The Morgan fingerprint density at radius 1 is 0.929 bits per heavy atom. The fraction of sp³-hybridized carbons (Fsp3) is 0.375. The number of anilines is 1. The Hall–Kier alpha value is -3.89. The highest BCUT2D eigenvalue weighted by Gasteiger charge is 2.33. The fourth-order valence-electron chi connectivity index (χ4n) is 6.44. The number of aliphatic hydroxyl groups is 1. The summed E-state index contributed by atoms with van der Waals surface area (Å²) in [6.07, 6.45) is 5.61. The second-order valence-electron chi connectivity index (χ2n) is 11.3. The smallest absolute Gasteiger partial charge is 0.256 e. The maximum absolute atomic E-state index is 15.2. The molecule has 220 valence electrons. The zero-order chi connectivity index (χ0) is 29.5. The van der Waals surface area contributed by atoms with Gasteiger partial charge in [-0.05, 0) is 75.5 Å². The van der Waals surface area contributed by atoms with Gasteiger partial charge in [0.15, 0.2) is 11.6 Å². The van der Waals surface area contributed by atoms with Crippen molar-refractivity contribution in [1.29, 1.82) is 0 Å². The Bertz CT molecular complexity index is 1590. The van der Waals surface area contributed by atoms with Crippen molar-refractivity contribution in [3.05, 3.63) is 75.9 Å². The van der Waals surface area contributed by atoms with E-state index >= 15 is 4.39 Å². The number of benzene rings is 2. The number of β-amino-alcohol motifs (C(OH)–C–C–N with tert-alkyl or cyclic N) is 1. The SMILES string of the molecule is Cc1c(/C=C2\C(=O)Nc3ccc(F)c(-c4cccc(F)c4F)c32)[nH]c2c1C(=O)N(C[C@H](O)CN1CCCCC1)CCC2. The van der Waals surface area contributed by atoms with Gasteiger partial charge in [-0.25, -0.2) is 13.2 Å². The first-order valence-electron chi connectivity index (χ1n) is 14.4. The number of aryl methyl sites for hydroxylation is 1. The number of likely N-dealkylation sites (tertiary alicyclic amines) is 1. The number of hydrogen-bond donors (Lipinski definition) is 3. The predicted molar refractivity (Wildman–Crippen MR) is 154 cm³/mol. The number of hydrogen-bond acceptors (Lipinski definition) is 4. The molecule has 0 unspecified atom stereocenters. The highest BCUT2D eigenvalue weighted by atomic mass is 19.2. The molecule has 0 bridgehead atoms. The molecule has 3 aliphatic rings. The number of piperidine rings is 1. The molecule has 42 heavy (non-hydrogen) atoms. The molecule has 7 nitrogen and oxygen atoms in total. The van der Waals surface area contributed by atoms with Crippen molar-refractivity contribution in [2.45, 2.75) is 45.1 Å². The summed E-state index contributed by atoms with van der Waals surface area (Å²) in [6.45, 7) is 4.97. The molecule has 3 N–H and O–H groups in total. The van der Waals surface area contributed by atoms with Gasteiger partial charge in [0, 0.05) is 53.4 Å². The number of aliphatic hydroxyl groups excluding tert-OH is 1.